The van der Waals surface area contributed by atoms with Crippen LogP contribution in [-0.4, -0.2) is 35.1 Å². The second-order valence-corrected chi connectivity index (χ2v) is 5.17. The molecule has 2 rings (SSSR count). The van der Waals surface area contributed by atoms with E-state index in [9.17, 15) is 18.7 Å². The Morgan fingerprint density at radius 2 is 2.16 bits per heavy atom. The Kier molecular flexibility index (Phi) is 4.06. The fraction of sp³-hybridized carbons (Fsp3) is 0.462. The van der Waals surface area contributed by atoms with Crippen LogP contribution in [0.1, 0.15) is 23.7 Å². The van der Waals surface area contributed by atoms with Gasteiger partial charge in [-0.15, -0.1) is 0 Å². The highest BCUT2D eigenvalue weighted by atomic mass is 35.5. The van der Waals surface area contributed by atoms with Crippen LogP contribution in [0.3, 0.4) is 0 Å². The minimum absolute atomic E-state index is 0.133. The summed E-state index contributed by atoms with van der Waals surface area (Å²) in [4.78, 5) is 13.6. The summed E-state index contributed by atoms with van der Waals surface area (Å²) in [6.45, 7) is 2.15. The number of nitrogens with zero attached hydrogens (tertiary/aromatic N) is 1. The summed E-state index contributed by atoms with van der Waals surface area (Å²) in [5.74, 6) is -2.17. The third-order valence-corrected chi connectivity index (χ3v) is 3.86. The number of carbonyl (C=O) groups excluding carboxylic acids is 1. The largest absolute Gasteiger partial charge is 0.394 e. The molecule has 0 radical (unpaired) electrons. The molecule has 2 unspecified atom stereocenters. The topological polar surface area (TPSA) is 40.5 Å². The van der Waals surface area contributed by atoms with Gasteiger partial charge in [0.15, 0.2) is 0 Å². The molecule has 0 aromatic heterocycles. The van der Waals surface area contributed by atoms with Gasteiger partial charge in [0.2, 0.25) is 0 Å². The predicted molar refractivity (Wildman–Crippen MR) is 67.1 cm³/mol. The van der Waals surface area contributed by atoms with E-state index in [2.05, 4.69) is 0 Å². The van der Waals surface area contributed by atoms with Gasteiger partial charge in [0.1, 0.15) is 11.6 Å². The molecule has 104 valence electrons. The number of carbonyl (C=O) groups is 1. The quantitative estimate of drug-likeness (QED) is 0.850. The first-order chi connectivity index (χ1) is 8.95. The van der Waals surface area contributed by atoms with Crippen LogP contribution in [0.5, 0.6) is 0 Å². The van der Waals surface area contributed by atoms with Crippen molar-refractivity contribution in [1.29, 1.82) is 0 Å². The average molecular weight is 290 g/mol. The molecule has 1 aliphatic rings. The number of likely N-dealkylation sites (tertiary alicyclic amines) is 1. The summed E-state index contributed by atoms with van der Waals surface area (Å²) in [6, 6.07) is 1.24. The zero-order valence-corrected chi connectivity index (χ0v) is 11.1. The lowest BCUT2D eigenvalue weighted by molar-refractivity contribution is 0.0643. The van der Waals surface area contributed by atoms with Crippen molar-refractivity contribution < 1.29 is 18.7 Å². The Bertz CT molecular complexity index is 510. The first-order valence-corrected chi connectivity index (χ1v) is 6.40. The van der Waals surface area contributed by atoms with Gasteiger partial charge in [0, 0.05) is 6.54 Å². The van der Waals surface area contributed by atoms with E-state index >= 15 is 0 Å². The summed E-state index contributed by atoms with van der Waals surface area (Å²) in [5, 5.41) is 8.93. The van der Waals surface area contributed by atoms with Crippen molar-refractivity contribution in [2.24, 2.45) is 5.92 Å². The van der Waals surface area contributed by atoms with Gasteiger partial charge in [0.05, 0.1) is 23.2 Å². The van der Waals surface area contributed by atoms with Crippen molar-refractivity contribution in [1.82, 2.24) is 4.90 Å². The number of aliphatic hydroxyl groups is 1. The van der Waals surface area contributed by atoms with Crippen molar-refractivity contribution in [3.05, 3.63) is 34.4 Å². The van der Waals surface area contributed by atoms with Crippen LogP contribution in [0.2, 0.25) is 5.02 Å². The van der Waals surface area contributed by atoms with Gasteiger partial charge in [-0.3, -0.25) is 4.79 Å². The standard InChI is InChI=1S/C13H14ClF2NO2/c1-7-2-3-17(12(7)6-18)13(19)8-4-11(16)9(14)5-10(8)15/h4-5,7,12,18H,2-3,6H2,1H3. The van der Waals surface area contributed by atoms with Gasteiger partial charge >= 0.3 is 0 Å². The van der Waals surface area contributed by atoms with Crippen molar-refractivity contribution >= 4 is 17.5 Å². The number of rotatable bonds is 2. The van der Waals surface area contributed by atoms with Gasteiger partial charge in [-0.05, 0) is 24.5 Å². The Balaban J connectivity index is 2.32. The third-order valence-electron chi connectivity index (χ3n) is 3.57. The minimum Gasteiger partial charge on any atom is -0.394 e. The summed E-state index contributed by atoms with van der Waals surface area (Å²) >= 11 is 5.45. The number of hydrogen-bond acceptors (Lipinski definition) is 2. The molecule has 1 heterocycles. The number of halogens is 3. The highest BCUT2D eigenvalue weighted by Gasteiger charge is 2.35. The molecule has 1 aliphatic heterocycles. The van der Waals surface area contributed by atoms with Crippen LogP contribution >= 0.6 is 11.6 Å². The van der Waals surface area contributed by atoms with Crippen molar-refractivity contribution in [2.75, 3.05) is 13.2 Å². The maximum absolute atomic E-state index is 13.7. The lowest BCUT2D eigenvalue weighted by Gasteiger charge is -2.25. The normalized spacial score (nSPS) is 22.9. The van der Waals surface area contributed by atoms with Crippen molar-refractivity contribution in [3.8, 4) is 0 Å². The Labute approximate surface area is 114 Å². The van der Waals surface area contributed by atoms with E-state index in [1.54, 1.807) is 0 Å². The number of benzene rings is 1. The summed E-state index contributed by atoms with van der Waals surface area (Å²) < 4.78 is 27.0. The van der Waals surface area contributed by atoms with Crippen molar-refractivity contribution in [3.63, 3.8) is 0 Å². The number of amides is 1. The molecule has 19 heavy (non-hydrogen) atoms. The molecule has 0 bridgehead atoms. The molecule has 1 saturated heterocycles. The maximum Gasteiger partial charge on any atom is 0.257 e. The van der Waals surface area contributed by atoms with E-state index in [0.717, 1.165) is 18.6 Å². The highest BCUT2D eigenvalue weighted by molar-refractivity contribution is 6.30. The van der Waals surface area contributed by atoms with E-state index in [4.69, 9.17) is 11.6 Å². The molecule has 1 aromatic carbocycles. The minimum atomic E-state index is -0.854. The number of aliphatic hydroxyl groups excluding tert-OH is 1. The summed E-state index contributed by atoms with van der Waals surface area (Å²) in [5.41, 5.74) is -0.352. The molecular formula is C13H14ClF2NO2. The van der Waals surface area contributed by atoms with Crippen LogP contribution < -0.4 is 0 Å². The Morgan fingerprint density at radius 3 is 2.79 bits per heavy atom. The van der Waals surface area contributed by atoms with E-state index < -0.39 is 17.5 Å². The van der Waals surface area contributed by atoms with Gasteiger partial charge < -0.3 is 10.0 Å². The zero-order valence-electron chi connectivity index (χ0n) is 10.4. The number of hydrogen-bond donors (Lipinski definition) is 1. The summed E-state index contributed by atoms with van der Waals surface area (Å²) in [6.07, 6.45) is 0.731. The van der Waals surface area contributed by atoms with Gasteiger partial charge in [-0.1, -0.05) is 18.5 Å². The van der Waals surface area contributed by atoms with Crippen LogP contribution in [-0.2, 0) is 0 Å². The zero-order chi connectivity index (χ0) is 14.2. The second-order valence-electron chi connectivity index (χ2n) is 4.76. The molecule has 1 N–H and O–H groups in total. The van der Waals surface area contributed by atoms with Crippen LogP contribution in [0.15, 0.2) is 12.1 Å². The molecule has 1 fully saturated rings. The molecule has 3 nitrogen and oxygen atoms in total. The van der Waals surface area contributed by atoms with E-state index in [0.29, 0.717) is 6.54 Å². The highest BCUT2D eigenvalue weighted by Crippen LogP contribution is 2.27. The fourth-order valence-corrected chi connectivity index (χ4v) is 2.53. The smallest absolute Gasteiger partial charge is 0.257 e. The van der Waals surface area contributed by atoms with E-state index in [1.165, 1.54) is 4.90 Å². The first kappa shape index (κ1) is 14.2. The molecule has 1 amide bonds. The Morgan fingerprint density at radius 1 is 1.47 bits per heavy atom. The molecular weight excluding hydrogens is 276 g/mol. The SMILES string of the molecule is CC1CCN(C(=O)c2cc(F)c(Cl)cc2F)C1CO. The van der Waals surface area contributed by atoms with Crippen molar-refractivity contribution in [2.45, 2.75) is 19.4 Å². The molecule has 0 spiro atoms. The monoisotopic (exact) mass is 289 g/mol. The maximum atomic E-state index is 13.7. The van der Waals surface area contributed by atoms with Gasteiger partial charge in [-0.25, -0.2) is 8.78 Å². The molecule has 1 aromatic rings. The third kappa shape index (κ3) is 2.58. The second kappa shape index (κ2) is 5.43. The lowest BCUT2D eigenvalue weighted by Crippen LogP contribution is -2.40. The first-order valence-electron chi connectivity index (χ1n) is 6.02. The van der Waals surface area contributed by atoms with Gasteiger partial charge in [0.25, 0.3) is 5.91 Å². The van der Waals surface area contributed by atoms with Gasteiger partial charge in [-0.2, -0.15) is 0 Å². The molecule has 6 heteroatoms. The van der Waals surface area contributed by atoms with Crippen LogP contribution in [0, 0.1) is 17.6 Å². The van der Waals surface area contributed by atoms with E-state index in [1.807, 2.05) is 6.92 Å². The lowest BCUT2D eigenvalue weighted by atomic mass is 10.0. The molecule has 0 aliphatic carbocycles. The molecule has 2 atom stereocenters. The predicted octanol–water partition coefficient (Wildman–Crippen LogP) is 2.46. The molecule has 0 saturated carbocycles. The fourth-order valence-electron chi connectivity index (χ4n) is 2.38. The Hall–Kier alpha value is -1.20. The van der Waals surface area contributed by atoms with Crippen LogP contribution in [0.25, 0.3) is 0 Å². The summed E-state index contributed by atoms with van der Waals surface area (Å²) in [7, 11) is 0. The van der Waals surface area contributed by atoms with E-state index in [-0.39, 0.29) is 29.2 Å². The van der Waals surface area contributed by atoms with Crippen LogP contribution in [0.4, 0.5) is 8.78 Å². The average Bonchev–Trinajstić information content (AvgIpc) is 2.74.